The van der Waals surface area contributed by atoms with Crippen LogP contribution in [0.25, 0.3) is 5.69 Å². The van der Waals surface area contributed by atoms with Crippen LogP contribution in [0, 0.1) is 6.92 Å². The second-order valence-electron chi connectivity index (χ2n) is 8.35. The van der Waals surface area contributed by atoms with Crippen molar-refractivity contribution in [1.29, 1.82) is 0 Å². The van der Waals surface area contributed by atoms with Gasteiger partial charge in [-0.3, -0.25) is 4.90 Å². The number of carbonyl (C=O) groups excluding carboxylic acids is 1. The first-order valence-electron chi connectivity index (χ1n) is 10.9. The Morgan fingerprint density at radius 3 is 2.26 bits per heavy atom. The average Bonchev–Trinajstić information content (AvgIpc) is 3.28. The first kappa shape index (κ1) is 23.8. The van der Waals surface area contributed by atoms with Crippen LogP contribution >= 0.6 is 0 Å². The van der Waals surface area contributed by atoms with Gasteiger partial charge in [0.2, 0.25) is 10.0 Å². The Balaban J connectivity index is 1.31. The molecule has 0 unspecified atom stereocenters. The molecule has 2 heterocycles. The second-order valence-corrected chi connectivity index (χ2v) is 10.5. The quantitative estimate of drug-likeness (QED) is 0.564. The van der Waals surface area contributed by atoms with Crippen LogP contribution in [0.15, 0.2) is 53.4 Å². The van der Waals surface area contributed by atoms with Crippen LogP contribution in [-0.2, 0) is 16.6 Å². The van der Waals surface area contributed by atoms with Gasteiger partial charge in [0, 0.05) is 46.0 Å². The van der Waals surface area contributed by atoms with Crippen LogP contribution < -0.4 is 5.32 Å². The number of sulfonamides is 1. The molecule has 0 bridgehead atoms. The summed E-state index contributed by atoms with van der Waals surface area (Å²) in [6.45, 7) is 5.11. The van der Waals surface area contributed by atoms with E-state index in [1.54, 1.807) is 21.7 Å². The van der Waals surface area contributed by atoms with Crippen molar-refractivity contribution in [1.82, 2.24) is 34.3 Å². The van der Waals surface area contributed by atoms with Crippen molar-refractivity contribution in [2.75, 3.05) is 45.6 Å². The molecule has 3 aromatic rings. The third kappa shape index (κ3) is 5.24. The fraction of sp³-hybridized carbons (Fsp3) is 0.364. The van der Waals surface area contributed by atoms with E-state index in [9.17, 15) is 13.2 Å². The number of aromatic nitrogens is 4. The molecule has 1 N–H and O–H groups in total. The predicted octanol–water partition coefficient (Wildman–Crippen LogP) is 1.57. The van der Waals surface area contributed by atoms with E-state index >= 15 is 0 Å². The number of hydrogen-bond donors (Lipinski definition) is 1. The zero-order valence-corrected chi connectivity index (χ0v) is 20.2. The summed E-state index contributed by atoms with van der Waals surface area (Å²) < 4.78 is 27.3. The molecule has 11 nitrogen and oxygen atoms in total. The van der Waals surface area contributed by atoms with E-state index in [-0.39, 0.29) is 10.9 Å². The summed E-state index contributed by atoms with van der Waals surface area (Å²) in [6, 6.07) is 14.0. The number of benzene rings is 2. The van der Waals surface area contributed by atoms with E-state index in [1.165, 1.54) is 31.8 Å². The molecule has 1 fully saturated rings. The number of nitrogens with zero attached hydrogens (tertiary/aromatic N) is 7. The van der Waals surface area contributed by atoms with Crippen LogP contribution in [0.4, 0.5) is 10.5 Å². The molecular weight excluding hydrogens is 456 g/mol. The summed E-state index contributed by atoms with van der Waals surface area (Å²) in [6.07, 6.45) is 0. The number of tetrazole rings is 1. The Bertz CT molecular complexity index is 1230. The summed E-state index contributed by atoms with van der Waals surface area (Å²) in [5, 5.41) is 15.0. The lowest BCUT2D eigenvalue weighted by atomic mass is 10.2. The smallest absolute Gasteiger partial charge is 0.321 e. The molecule has 2 aromatic carbocycles. The van der Waals surface area contributed by atoms with Gasteiger partial charge < -0.3 is 10.2 Å². The van der Waals surface area contributed by atoms with Gasteiger partial charge in [-0.15, -0.1) is 5.10 Å². The Hall–Kier alpha value is -3.35. The topological polar surface area (TPSA) is 117 Å². The van der Waals surface area contributed by atoms with Crippen LogP contribution in [0.2, 0.25) is 0 Å². The van der Waals surface area contributed by atoms with Crippen molar-refractivity contribution < 1.29 is 13.2 Å². The number of amides is 2. The van der Waals surface area contributed by atoms with E-state index < -0.39 is 10.0 Å². The minimum absolute atomic E-state index is 0.178. The molecule has 1 aliphatic heterocycles. The monoisotopic (exact) mass is 484 g/mol. The largest absolute Gasteiger partial charge is 0.322 e. The molecule has 0 radical (unpaired) electrons. The van der Waals surface area contributed by atoms with Crippen LogP contribution in [0.1, 0.15) is 11.4 Å². The van der Waals surface area contributed by atoms with Crippen molar-refractivity contribution in [3.8, 4) is 5.69 Å². The molecule has 1 aliphatic rings. The van der Waals surface area contributed by atoms with Crippen molar-refractivity contribution in [2.24, 2.45) is 0 Å². The lowest BCUT2D eigenvalue weighted by molar-refractivity contribution is 0.140. The lowest BCUT2D eigenvalue weighted by Gasteiger charge is -2.34. The number of piperazine rings is 1. The molecule has 0 atom stereocenters. The van der Waals surface area contributed by atoms with E-state index in [0.717, 1.165) is 15.8 Å². The van der Waals surface area contributed by atoms with Gasteiger partial charge in [0.05, 0.1) is 17.1 Å². The number of hydrogen-bond acceptors (Lipinski definition) is 7. The minimum Gasteiger partial charge on any atom is -0.322 e. The highest BCUT2D eigenvalue weighted by Gasteiger charge is 2.23. The zero-order chi connectivity index (χ0) is 24.3. The van der Waals surface area contributed by atoms with Gasteiger partial charge in [0.1, 0.15) is 0 Å². The molecule has 12 heteroatoms. The van der Waals surface area contributed by atoms with Gasteiger partial charge >= 0.3 is 6.03 Å². The molecule has 2 amide bonds. The zero-order valence-electron chi connectivity index (χ0n) is 19.4. The Labute approximate surface area is 199 Å². The van der Waals surface area contributed by atoms with Gasteiger partial charge in [-0.2, -0.15) is 4.68 Å². The fourth-order valence-corrected chi connectivity index (χ4v) is 4.53. The number of carbonyl (C=O) groups is 1. The number of urea groups is 1. The molecule has 4 rings (SSSR count). The summed E-state index contributed by atoms with van der Waals surface area (Å²) in [5.41, 5.74) is 2.62. The highest BCUT2D eigenvalue weighted by Crippen LogP contribution is 2.18. The van der Waals surface area contributed by atoms with Crippen molar-refractivity contribution in [3.05, 3.63) is 59.9 Å². The standard InChI is InChI=1S/C22H28N8O3S/c1-17-4-8-19(9-5-17)30-21(24-25-26-30)16-28-12-14-29(15-13-28)22(31)23-18-6-10-20(11-7-18)34(32,33)27(2)3/h4-11H,12-16H2,1-3H3,(H,23,31). The van der Waals surface area contributed by atoms with Crippen molar-refractivity contribution >= 4 is 21.7 Å². The van der Waals surface area contributed by atoms with Gasteiger partial charge in [-0.05, 0) is 53.7 Å². The van der Waals surface area contributed by atoms with Crippen LogP contribution in [-0.4, -0.2) is 89.0 Å². The van der Waals surface area contributed by atoms with Gasteiger partial charge in [0.25, 0.3) is 0 Å². The van der Waals surface area contributed by atoms with Gasteiger partial charge in [-0.25, -0.2) is 17.5 Å². The highest BCUT2D eigenvalue weighted by molar-refractivity contribution is 7.89. The Morgan fingerprint density at radius 1 is 1.00 bits per heavy atom. The fourth-order valence-electron chi connectivity index (χ4n) is 3.62. The molecule has 0 spiro atoms. The Morgan fingerprint density at radius 2 is 1.65 bits per heavy atom. The predicted molar refractivity (Wildman–Crippen MR) is 127 cm³/mol. The maximum Gasteiger partial charge on any atom is 0.321 e. The van der Waals surface area contributed by atoms with Gasteiger partial charge in [-0.1, -0.05) is 17.7 Å². The van der Waals surface area contributed by atoms with Crippen LogP contribution in [0.5, 0.6) is 0 Å². The summed E-state index contributed by atoms with van der Waals surface area (Å²) in [4.78, 5) is 16.8. The number of aryl methyl sites for hydroxylation is 1. The summed E-state index contributed by atoms with van der Waals surface area (Å²) >= 11 is 0. The summed E-state index contributed by atoms with van der Waals surface area (Å²) in [7, 11) is -0.545. The van der Waals surface area contributed by atoms with Crippen LogP contribution in [0.3, 0.4) is 0 Å². The number of nitrogens with one attached hydrogen (secondary N) is 1. The number of anilines is 1. The lowest BCUT2D eigenvalue weighted by Crippen LogP contribution is -2.49. The molecule has 1 saturated heterocycles. The molecule has 34 heavy (non-hydrogen) atoms. The third-order valence-electron chi connectivity index (χ3n) is 5.72. The van der Waals surface area contributed by atoms with E-state index in [0.29, 0.717) is 38.4 Å². The highest BCUT2D eigenvalue weighted by atomic mass is 32.2. The van der Waals surface area contributed by atoms with Crippen molar-refractivity contribution in [2.45, 2.75) is 18.4 Å². The first-order valence-corrected chi connectivity index (χ1v) is 12.3. The second kappa shape index (κ2) is 9.87. The maximum absolute atomic E-state index is 12.7. The summed E-state index contributed by atoms with van der Waals surface area (Å²) in [5.74, 6) is 0.745. The third-order valence-corrected chi connectivity index (χ3v) is 7.55. The van der Waals surface area contributed by atoms with Crippen molar-refractivity contribution in [3.63, 3.8) is 0 Å². The normalized spacial score (nSPS) is 15.0. The molecule has 0 saturated carbocycles. The van der Waals surface area contributed by atoms with Gasteiger partial charge in [0.15, 0.2) is 5.82 Å². The minimum atomic E-state index is -3.50. The Kier molecular flexibility index (Phi) is 6.91. The molecular formula is C22H28N8O3S. The van der Waals surface area contributed by atoms with E-state index in [4.69, 9.17) is 0 Å². The van der Waals surface area contributed by atoms with E-state index in [1.807, 2.05) is 31.2 Å². The molecule has 1 aromatic heterocycles. The first-order chi connectivity index (χ1) is 16.2. The average molecular weight is 485 g/mol. The SMILES string of the molecule is Cc1ccc(-n2nnnc2CN2CCN(C(=O)Nc3ccc(S(=O)(=O)N(C)C)cc3)CC2)cc1. The number of rotatable bonds is 6. The molecule has 180 valence electrons. The maximum atomic E-state index is 12.7. The molecule has 0 aliphatic carbocycles. The van der Waals surface area contributed by atoms with E-state index in [2.05, 4.69) is 25.7 Å².